The summed E-state index contributed by atoms with van der Waals surface area (Å²) in [4.78, 5) is 13.5. The van der Waals surface area contributed by atoms with Crippen LogP contribution in [0.25, 0.3) is 0 Å². The zero-order valence-electron chi connectivity index (χ0n) is 11.3. The Kier molecular flexibility index (Phi) is 5.36. The highest BCUT2D eigenvalue weighted by Crippen LogP contribution is 2.19. The zero-order valence-corrected chi connectivity index (χ0v) is 11.3. The van der Waals surface area contributed by atoms with Crippen LogP contribution in [0.15, 0.2) is 11.6 Å². The Morgan fingerprint density at radius 2 is 2.05 bits per heavy atom. The molecule has 3 N–H and O–H groups in total. The third kappa shape index (κ3) is 4.60. The van der Waals surface area contributed by atoms with Crippen LogP contribution in [0.4, 0.5) is 0 Å². The van der Waals surface area contributed by atoms with Gasteiger partial charge in [0.05, 0.1) is 18.8 Å². The molecule has 0 bridgehead atoms. The number of nitrogens with zero attached hydrogens (tertiary/aromatic N) is 1. The van der Waals surface area contributed by atoms with Gasteiger partial charge >= 0.3 is 0 Å². The summed E-state index contributed by atoms with van der Waals surface area (Å²) in [5.41, 5.74) is 1.46. The van der Waals surface area contributed by atoms with Crippen LogP contribution in [0.2, 0.25) is 0 Å². The Morgan fingerprint density at radius 1 is 1.32 bits per heavy atom. The number of carbonyl (C=O) groups is 1. The van der Waals surface area contributed by atoms with Crippen molar-refractivity contribution in [3.05, 3.63) is 11.6 Å². The summed E-state index contributed by atoms with van der Waals surface area (Å²) in [5.74, 6) is -0.0299. The number of aliphatic hydroxyl groups is 2. The number of hydrogen-bond donors (Lipinski definition) is 3. The normalized spacial score (nSPS) is 28.2. The van der Waals surface area contributed by atoms with Gasteiger partial charge in [-0.25, -0.2) is 0 Å². The van der Waals surface area contributed by atoms with E-state index in [0.29, 0.717) is 19.6 Å². The maximum atomic E-state index is 11.7. The van der Waals surface area contributed by atoms with Gasteiger partial charge < -0.3 is 15.5 Å². The summed E-state index contributed by atoms with van der Waals surface area (Å²) in [5, 5.41) is 21.7. The van der Waals surface area contributed by atoms with Crippen molar-refractivity contribution in [3.63, 3.8) is 0 Å². The predicted octanol–water partition coefficient (Wildman–Crippen LogP) is 0.0305. The van der Waals surface area contributed by atoms with E-state index >= 15 is 0 Å². The van der Waals surface area contributed by atoms with Gasteiger partial charge in [-0.3, -0.25) is 9.69 Å². The molecule has 0 aromatic carbocycles. The van der Waals surface area contributed by atoms with Gasteiger partial charge in [0.15, 0.2) is 0 Å². The summed E-state index contributed by atoms with van der Waals surface area (Å²) in [6.45, 7) is 1.69. The highest BCUT2D eigenvalue weighted by Gasteiger charge is 2.30. The molecule has 1 aliphatic heterocycles. The number of hydrogen-bond acceptors (Lipinski definition) is 4. The Labute approximate surface area is 114 Å². The first-order valence-electron chi connectivity index (χ1n) is 7.18. The lowest BCUT2D eigenvalue weighted by atomic mass is 9.97. The van der Waals surface area contributed by atoms with Gasteiger partial charge in [0.2, 0.25) is 5.91 Å². The third-order valence-electron chi connectivity index (χ3n) is 3.86. The van der Waals surface area contributed by atoms with Gasteiger partial charge in [-0.05, 0) is 32.1 Å². The molecule has 2 rings (SSSR count). The van der Waals surface area contributed by atoms with Crippen molar-refractivity contribution < 1.29 is 15.0 Å². The molecule has 1 heterocycles. The minimum Gasteiger partial charge on any atom is -0.389 e. The standard InChI is InChI=1S/C14H24N2O3/c17-12-8-16(9-13(12)18)10-14(19)15-7-6-11-4-2-1-3-5-11/h4,12-13,17-18H,1-3,5-10H2,(H,15,19). The van der Waals surface area contributed by atoms with Crippen LogP contribution in [0, 0.1) is 0 Å². The van der Waals surface area contributed by atoms with Crippen molar-refractivity contribution in [2.75, 3.05) is 26.2 Å². The third-order valence-corrected chi connectivity index (χ3v) is 3.86. The Balaban J connectivity index is 1.61. The van der Waals surface area contributed by atoms with Crippen molar-refractivity contribution in [1.29, 1.82) is 0 Å². The largest absolute Gasteiger partial charge is 0.389 e. The summed E-state index contributed by atoms with van der Waals surface area (Å²) in [6, 6.07) is 0. The number of β-amino-alcohol motifs (C(OH)–C–C–N with tert-alkyl or cyclic N) is 2. The molecule has 0 aromatic heterocycles. The number of rotatable bonds is 5. The second-order valence-corrected chi connectivity index (χ2v) is 5.54. The van der Waals surface area contributed by atoms with Crippen LogP contribution in [0.5, 0.6) is 0 Å². The molecule has 1 saturated heterocycles. The molecule has 1 aliphatic carbocycles. The molecular weight excluding hydrogens is 244 g/mol. The van der Waals surface area contributed by atoms with Gasteiger partial charge in [0, 0.05) is 19.6 Å². The first-order valence-corrected chi connectivity index (χ1v) is 7.18. The topological polar surface area (TPSA) is 72.8 Å². The molecule has 0 spiro atoms. The van der Waals surface area contributed by atoms with E-state index in [1.807, 2.05) is 0 Å². The van der Waals surface area contributed by atoms with E-state index in [9.17, 15) is 15.0 Å². The molecule has 2 aliphatic rings. The number of aliphatic hydroxyl groups excluding tert-OH is 2. The van der Waals surface area contributed by atoms with Crippen LogP contribution >= 0.6 is 0 Å². The molecule has 108 valence electrons. The Bertz CT molecular complexity index is 334. The van der Waals surface area contributed by atoms with Gasteiger partial charge in [-0.2, -0.15) is 0 Å². The van der Waals surface area contributed by atoms with Gasteiger partial charge in [0.25, 0.3) is 0 Å². The van der Waals surface area contributed by atoms with E-state index in [1.54, 1.807) is 4.90 Å². The van der Waals surface area contributed by atoms with E-state index in [0.717, 1.165) is 6.42 Å². The van der Waals surface area contributed by atoms with Crippen molar-refractivity contribution in [3.8, 4) is 0 Å². The molecule has 19 heavy (non-hydrogen) atoms. The van der Waals surface area contributed by atoms with Gasteiger partial charge in [-0.1, -0.05) is 11.6 Å². The average molecular weight is 268 g/mol. The van der Waals surface area contributed by atoms with E-state index in [2.05, 4.69) is 11.4 Å². The number of amides is 1. The average Bonchev–Trinajstić information content (AvgIpc) is 2.69. The quantitative estimate of drug-likeness (QED) is 0.615. The fourth-order valence-corrected chi connectivity index (χ4v) is 2.73. The molecule has 0 aromatic rings. The van der Waals surface area contributed by atoms with E-state index in [1.165, 1.54) is 31.3 Å². The molecule has 0 radical (unpaired) electrons. The predicted molar refractivity (Wildman–Crippen MR) is 72.6 cm³/mol. The summed E-state index contributed by atoms with van der Waals surface area (Å²) in [6.07, 6.45) is 6.69. The molecule has 5 nitrogen and oxygen atoms in total. The summed E-state index contributed by atoms with van der Waals surface area (Å²) in [7, 11) is 0. The fraction of sp³-hybridized carbons (Fsp3) is 0.786. The lowest BCUT2D eigenvalue weighted by Crippen LogP contribution is -2.37. The SMILES string of the molecule is O=C(CN1CC(O)C(O)C1)NCCC1=CCCCC1. The Hall–Kier alpha value is -0.910. The number of carbonyl (C=O) groups excluding carboxylic acids is 1. The smallest absolute Gasteiger partial charge is 0.234 e. The first-order chi connectivity index (χ1) is 9.15. The van der Waals surface area contributed by atoms with Gasteiger partial charge in [0.1, 0.15) is 0 Å². The molecular formula is C14H24N2O3. The lowest BCUT2D eigenvalue weighted by molar-refractivity contribution is -0.122. The van der Waals surface area contributed by atoms with Gasteiger partial charge in [-0.15, -0.1) is 0 Å². The Morgan fingerprint density at radius 3 is 2.68 bits per heavy atom. The van der Waals surface area contributed by atoms with Crippen molar-refractivity contribution in [2.45, 2.75) is 44.3 Å². The summed E-state index contributed by atoms with van der Waals surface area (Å²) >= 11 is 0. The molecule has 1 fully saturated rings. The number of nitrogens with one attached hydrogen (secondary N) is 1. The van der Waals surface area contributed by atoms with Crippen molar-refractivity contribution in [2.24, 2.45) is 0 Å². The van der Waals surface area contributed by atoms with Crippen LogP contribution in [-0.2, 0) is 4.79 Å². The fourth-order valence-electron chi connectivity index (χ4n) is 2.73. The second-order valence-electron chi connectivity index (χ2n) is 5.54. The second kappa shape index (κ2) is 7.03. The van der Waals surface area contributed by atoms with Crippen molar-refractivity contribution in [1.82, 2.24) is 10.2 Å². The van der Waals surface area contributed by atoms with Crippen LogP contribution in [0.1, 0.15) is 32.1 Å². The minimum atomic E-state index is -0.722. The van der Waals surface area contributed by atoms with Crippen LogP contribution < -0.4 is 5.32 Å². The first kappa shape index (κ1) is 14.5. The number of likely N-dealkylation sites (tertiary alicyclic amines) is 1. The van der Waals surface area contributed by atoms with E-state index in [4.69, 9.17) is 0 Å². The molecule has 2 unspecified atom stereocenters. The molecule has 0 saturated carbocycles. The highest BCUT2D eigenvalue weighted by molar-refractivity contribution is 5.78. The molecule has 5 heteroatoms. The van der Waals surface area contributed by atoms with E-state index < -0.39 is 12.2 Å². The summed E-state index contributed by atoms with van der Waals surface area (Å²) < 4.78 is 0. The van der Waals surface area contributed by atoms with Crippen LogP contribution in [-0.4, -0.2) is 59.4 Å². The van der Waals surface area contributed by atoms with E-state index in [-0.39, 0.29) is 12.5 Å². The molecule has 2 atom stereocenters. The van der Waals surface area contributed by atoms with Crippen LogP contribution in [0.3, 0.4) is 0 Å². The highest BCUT2D eigenvalue weighted by atomic mass is 16.3. The van der Waals surface area contributed by atoms with Crippen molar-refractivity contribution >= 4 is 5.91 Å². The molecule has 1 amide bonds. The monoisotopic (exact) mass is 268 g/mol. The zero-order chi connectivity index (χ0) is 13.7. The lowest BCUT2D eigenvalue weighted by Gasteiger charge is -2.15. The number of allylic oxidation sites excluding steroid dienone is 1. The minimum absolute atomic E-state index is 0.0299. The maximum Gasteiger partial charge on any atom is 0.234 e. The maximum absolute atomic E-state index is 11.7.